The third kappa shape index (κ3) is 7.99. The molecule has 0 radical (unpaired) electrons. The maximum absolute atomic E-state index is 14.9. The molecular weight excluding hydrogens is 502 g/mol. The van der Waals surface area contributed by atoms with Gasteiger partial charge in [-0.05, 0) is 45.4 Å². The first-order valence-corrected chi connectivity index (χ1v) is 14.2. The van der Waals surface area contributed by atoms with Crippen molar-refractivity contribution in [1.82, 2.24) is 10.6 Å². The van der Waals surface area contributed by atoms with Gasteiger partial charge in [-0.25, -0.2) is 8.96 Å². The largest absolute Gasteiger partial charge is 0.470 e. The normalized spacial score (nSPS) is 37.7. The van der Waals surface area contributed by atoms with Crippen LogP contribution in [0.4, 0.5) is 4.39 Å². The van der Waals surface area contributed by atoms with Crippen molar-refractivity contribution < 1.29 is 43.0 Å². The lowest BCUT2D eigenvalue weighted by molar-refractivity contribution is -0.201. The smallest absolute Gasteiger partial charge is 0.388 e. The van der Waals surface area contributed by atoms with Crippen LogP contribution < -0.4 is 10.6 Å². The Hall–Kier alpha value is -0.0100. The van der Waals surface area contributed by atoms with Crippen LogP contribution >= 0.6 is 31.2 Å². The van der Waals surface area contributed by atoms with Gasteiger partial charge in [0.15, 0.2) is 0 Å². The summed E-state index contributed by atoms with van der Waals surface area (Å²) in [4.78, 5) is 31.2. The van der Waals surface area contributed by atoms with Gasteiger partial charge >= 0.3 is 7.82 Å². The quantitative estimate of drug-likeness (QED) is 0.186. The molecule has 0 saturated carbocycles. The molecule has 0 aromatic heterocycles. The number of phosphoric acid groups is 1. The zero-order valence-electron chi connectivity index (χ0n) is 18.9. The average Bonchev–Trinajstić information content (AvgIpc) is 2.91. The Bertz CT molecular complexity index is 705. The fourth-order valence-corrected chi connectivity index (χ4v) is 5.93. The van der Waals surface area contributed by atoms with Gasteiger partial charge in [0.05, 0.1) is 17.5 Å². The van der Waals surface area contributed by atoms with Gasteiger partial charge < -0.3 is 35.4 Å². The van der Waals surface area contributed by atoms with Gasteiger partial charge in [-0.1, -0.05) is 13.3 Å². The zero-order valence-corrected chi connectivity index (χ0v) is 21.4. The van der Waals surface area contributed by atoms with E-state index in [9.17, 15) is 24.0 Å². The molecule has 0 bridgehead atoms. The number of alkyl halides is 2. The molecule has 0 aromatic rings. The number of halogens is 2. The van der Waals surface area contributed by atoms with Gasteiger partial charge in [0, 0.05) is 0 Å². The van der Waals surface area contributed by atoms with Crippen molar-refractivity contribution in [2.45, 2.75) is 98.9 Å². The molecule has 2 aliphatic heterocycles. The topological polar surface area (TPSA) is 158 Å². The molecule has 2 aliphatic rings. The molecular formula is C19H35ClFN2O8PS. The standard InChI is InChI=1S/C19H35ClFN2O8PS/c1-4-6-19(21)7-5-11(22-9-8-19)17(26)23-12(10(2)20)15-13(24)14(25)16(18(30-15)33-3)31-32(27,28)29/h10-16,18,22,24-25H,4-9H2,1-3H3,(H,23,26)(H2,27,28,29)/t10?,11?,12?,13-,14+,15-,16-,18-,19?/m1/s1. The number of aliphatic hydroxyl groups excluding tert-OH is 2. The number of thioether (sulfide) groups is 1. The fourth-order valence-electron chi connectivity index (χ4n) is 4.37. The second kappa shape index (κ2) is 12.3. The molecule has 1 amide bonds. The molecule has 2 heterocycles. The molecule has 10 nitrogen and oxygen atoms in total. The van der Waals surface area contributed by atoms with E-state index in [1.54, 1.807) is 13.2 Å². The van der Waals surface area contributed by atoms with Crippen molar-refractivity contribution in [2.24, 2.45) is 0 Å². The minimum atomic E-state index is -4.97. The van der Waals surface area contributed by atoms with E-state index in [0.29, 0.717) is 25.8 Å². The number of amides is 1. The van der Waals surface area contributed by atoms with Gasteiger partial charge in [-0.15, -0.1) is 23.4 Å². The van der Waals surface area contributed by atoms with Gasteiger partial charge in [-0.3, -0.25) is 9.32 Å². The summed E-state index contributed by atoms with van der Waals surface area (Å²) in [5.41, 5.74) is -2.37. The van der Waals surface area contributed by atoms with E-state index in [1.807, 2.05) is 6.92 Å². The second-order valence-electron chi connectivity index (χ2n) is 8.65. The molecule has 33 heavy (non-hydrogen) atoms. The average molecular weight is 537 g/mol. The summed E-state index contributed by atoms with van der Waals surface area (Å²) in [6, 6.07) is -1.62. The number of carbonyl (C=O) groups excluding carboxylic acids is 1. The van der Waals surface area contributed by atoms with Gasteiger partial charge in [-0.2, -0.15) is 0 Å². The minimum Gasteiger partial charge on any atom is -0.388 e. The van der Waals surface area contributed by atoms with E-state index in [-0.39, 0.29) is 12.8 Å². The van der Waals surface area contributed by atoms with Crippen LogP contribution in [-0.2, 0) is 18.6 Å². The number of hydrogen-bond acceptors (Lipinski definition) is 8. The van der Waals surface area contributed by atoms with Crippen LogP contribution in [0.2, 0.25) is 0 Å². The SMILES string of the molecule is CCCC1(F)CCNC(C(=O)NC(C(C)Cl)[C@H]2O[C@H](SC)[C@H](OP(=O)(O)O)[C@@H](O)[C@H]2O)CC1. The Balaban J connectivity index is 2.13. The van der Waals surface area contributed by atoms with Gasteiger partial charge in [0.2, 0.25) is 5.91 Å². The Kier molecular flexibility index (Phi) is 10.9. The molecule has 0 spiro atoms. The predicted octanol–water partition coefficient (Wildman–Crippen LogP) is 1.04. The summed E-state index contributed by atoms with van der Waals surface area (Å²) in [6.45, 7) is 3.83. The van der Waals surface area contributed by atoms with Crippen molar-refractivity contribution in [2.75, 3.05) is 12.8 Å². The molecule has 9 atom stereocenters. The molecule has 2 saturated heterocycles. The first kappa shape index (κ1) is 29.2. The molecule has 4 unspecified atom stereocenters. The highest BCUT2D eigenvalue weighted by atomic mass is 35.5. The van der Waals surface area contributed by atoms with Crippen LogP contribution in [0, 0.1) is 0 Å². The highest BCUT2D eigenvalue weighted by Crippen LogP contribution is 2.43. The van der Waals surface area contributed by atoms with Crippen molar-refractivity contribution in [3.05, 3.63) is 0 Å². The third-order valence-electron chi connectivity index (χ3n) is 6.09. The molecule has 0 aliphatic carbocycles. The van der Waals surface area contributed by atoms with Crippen LogP contribution in [0.25, 0.3) is 0 Å². The minimum absolute atomic E-state index is 0.240. The van der Waals surface area contributed by atoms with Crippen molar-refractivity contribution in [1.29, 1.82) is 0 Å². The van der Waals surface area contributed by atoms with E-state index >= 15 is 0 Å². The van der Waals surface area contributed by atoms with E-state index in [4.69, 9.17) is 26.1 Å². The Morgan fingerprint density at radius 1 is 1.39 bits per heavy atom. The number of phosphoric ester groups is 1. The highest BCUT2D eigenvalue weighted by molar-refractivity contribution is 7.99. The lowest BCUT2D eigenvalue weighted by atomic mass is 9.90. The van der Waals surface area contributed by atoms with Crippen LogP contribution in [0.1, 0.15) is 46.0 Å². The first-order valence-electron chi connectivity index (χ1n) is 11.0. The maximum atomic E-state index is 14.9. The fraction of sp³-hybridized carbons (Fsp3) is 0.947. The Morgan fingerprint density at radius 3 is 2.61 bits per heavy atom. The highest BCUT2D eigenvalue weighted by Gasteiger charge is 2.51. The monoisotopic (exact) mass is 536 g/mol. The third-order valence-corrected chi connectivity index (χ3v) is 7.72. The number of ether oxygens (including phenoxy) is 1. The van der Waals surface area contributed by atoms with E-state index in [1.165, 1.54) is 0 Å². The maximum Gasteiger partial charge on any atom is 0.470 e. The number of rotatable bonds is 9. The summed E-state index contributed by atoms with van der Waals surface area (Å²) in [5.74, 6) is -0.437. The Labute approximate surface area is 202 Å². The molecule has 6 N–H and O–H groups in total. The van der Waals surface area contributed by atoms with E-state index in [2.05, 4.69) is 15.2 Å². The van der Waals surface area contributed by atoms with Crippen LogP contribution in [0.3, 0.4) is 0 Å². The van der Waals surface area contributed by atoms with Gasteiger partial charge in [0.25, 0.3) is 0 Å². The first-order chi connectivity index (χ1) is 15.3. The van der Waals surface area contributed by atoms with Crippen molar-refractivity contribution in [3.8, 4) is 0 Å². The summed E-state index contributed by atoms with van der Waals surface area (Å²) in [5, 5.41) is 26.2. The van der Waals surface area contributed by atoms with Crippen LogP contribution in [-0.4, -0.2) is 91.7 Å². The lowest BCUT2D eigenvalue weighted by Crippen LogP contribution is -2.65. The van der Waals surface area contributed by atoms with Crippen molar-refractivity contribution in [3.63, 3.8) is 0 Å². The lowest BCUT2D eigenvalue weighted by Gasteiger charge is -2.45. The zero-order chi connectivity index (χ0) is 25.0. The second-order valence-corrected chi connectivity index (χ2v) is 11.5. The summed E-state index contributed by atoms with van der Waals surface area (Å²) >= 11 is 7.31. The molecule has 0 aromatic carbocycles. The molecule has 14 heteroatoms. The number of aliphatic hydroxyl groups is 2. The van der Waals surface area contributed by atoms with Crippen molar-refractivity contribution >= 4 is 37.1 Å². The van der Waals surface area contributed by atoms with Crippen LogP contribution in [0.5, 0.6) is 0 Å². The molecule has 194 valence electrons. The Morgan fingerprint density at radius 2 is 2.06 bits per heavy atom. The summed E-state index contributed by atoms with van der Waals surface area (Å²) in [7, 11) is -4.97. The van der Waals surface area contributed by atoms with Crippen LogP contribution in [0.15, 0.2) is 0 Å². The number of nitrogens with one attached hydrogen (secondary N) is 2. The summed E-state index contributed by atoms with van der Waals surface area (Å²) in [6.07, 6.45) is -2.49. The van der Waals surface area contributed by atoms with E-state index in [0.717, 1.165) is 11.8 Å². The van der Waals surface area contributed by atoms with Gasteiger partial charge in [0.1, 0.15) is 35.5 Å². The van der Waals surface area contributed by atoms with E-state index < -0.39 is 66.7 Å². The predicted molar refractivity (Wildman–Crippen MR) is 123 cm³/mol. The number of carbonyl (C=O) groups is 1. The molecule has 2 fully saturated rings. The number of hydrogen-bond donors (Lipinski definition) is 6. The molecule has 2 rings (SSSR count). The summed E-state index contributed by atoms with van der Waals surface area (Å²) < 4.78 is 36.6.